The molecule has 0 heterocycles. The van der Waals surface area contributed by atoms with Crippen LogP contribution in [0.2, 0.25) is 10.0 Å². The summed E-state index contributed by atoms with van der Waals surface area (Å²) in [4.78, 5) is 12.7. The first-order valence-corrected chi connectivity index (χ1v) is 12.4. The van der Waals surface area contributed by atoms with E-state index in [1.165, 1.54) is 6.08 Å². The van der Waals surface area contributed by atoms with E-state index in [1.54, 1.807) is 30.3 Å². The van der Waals surface area contributed by atoms with Crippen LogP contribution in [0.4, 0.5) is 5.69 Å². The van der Waals surface area contributed by atoms with E-state index in [0.717, 1.165) is 17.5 Å². The molecule has 0 fully saturated rings. The molecule has 0 bridgehead atoms. The van der Waals surface area contributed by atoms with Crippen LogP contribution in [-0.2, 0) is 17.8 Å². The highest BCUT2D eigenvalue weighted by Crippen LogP contribution is 2.38. The summed E-state index contributed by atoms with van der Waals surface area (Å²) in [6.45, 7) is 4.51. The molecular weight excluding hydrogens is 551 g/mol. The molecule has 35 heavy (non-hydrogen) atoms. The second-order valence-corrected chi connectivity index (χ2v) is 9.16. The minimum absolute atomic E-state index is 0.0412. The third kappa shape index (κ3) is 7.25. The van der Waals surface area contributed by atoms with Crippen molar-refractivity contribution in [2.24, 2.45) is 0 Å². The Balaban J connectivity index is 1.83. The fourth-order valence-corrected chi connectivity index (χ4v) is 4.24. The molecule has 1 N–H and O–H groups in total. The van der Waals surface area contributed by atoms with Gasteiger partial charge in [-0.25, -0.2) is 0 Å². The molecule has 0 aliphatic carbocycles. The maximum absolute atomic E-state index is 12.7. The van der Waals surface area contributed by atoms with Gasteiger partial charge in [-0.05, 0) is 82.9 Å². The normalized spacial score (nSPS) is 11.0. The van der Waals surface area contributed by atoms with Crippen LogP contribution in [0.1, 0.15) is 30.5 Å². The highest BCUT2D eigenvalue weighted by atomic mass is 79.9. The van der Waals surface area contributed by atoms with Crippen molar-refractivity contribution < 1.29 is 14.3 Å². The van der Waals surface area contributed by atoms with E-state index in [0.29, 0.717) is 43.9 Å². The highest BCUT2D eigenvalue weighted by Gasteiger charge is 2.15. The van der Waals surface area contributed by atoms with Crippen LogP contribution in [-0.4, -0.2) is 12.5 Å². The zero-order valence-electron chi connectivity index (χ0n) is 19.2. The predicted octanol–water partition coefficient (Wildman–Crippen LogP) is 7.84. The smallest absolute Gasteiger partial charge is 0.266 e. The van der Waals surface area contributed by atoms with Crippen molar-refractivity contribution in [1.82, 2.24) is 0 Å². The number of hydrogen-bond donors (Lipinski definition) is 1. The zero-order chi connectivity index (χ0) is 25.4. The molecule has 0 radical (unpaired) electrons. The van der Waals surface area contributed by atoms with E-state index >= 15 is 0 Å². The van der Waals surface area contributed by atoms with Gasteiger partial charge in [0.2, 0.25) is 0 Å². The summed E-state index contributed by atoms with van der Waals surface area (Å²) >= 11 is 15.7. The van der Waals surface area contributed by atoms with Crippen LogP contribution >= 0.6 is 39.1 Å². The number of nitrogens with one attached hydrogen (secondary N) is 1. The topological polar surface area (TPSA) is 71.3 Å². The first-order chi connectivity index (χ1) is 16.8. The fourth-order valence-electron chi connectivity index (χ4n) is 3.20. The number of hydrogen-bond acceptors (Lipinski definition) is 4. The van der Waals surface area contributed by atoms with Crippen molar-refractivity contribution in [2.45, 2.75) is 26.9 Å². The molecule has 0 aromatic heterocycles. The van der Waals surface area contributed by atoms with Gasteiger partial charge in [-0.2, -0.15) is 5.26 Å². The molecule has 0 saturated heterocycles. The molecule has 0 atom stereocenters. The highest BCUT2D eigenvalue weighted by molar-refractivity contribution is 9.10. The Kier molecular flexibility index (Phi) is 9.62. The summed E-state index contributed by atoms with van der Waals surface area (Å²) in [7, 11) is 0. The van der Waals surface area contributed by atoms with Crippen molar-refractivity contribution in [3.8, 4) is 17.6 Å². The van der Waals surface area contributed by atoms with Gasteiger partial charge in [0.1, 0.15) is 18.2 Å². The van der Waals surface area contributed by atoms with E-state index in [1.807, 2.05) is 37.3 Å². The largest absolute Gasteiger partial charge is 0.490 e. The molecule has 3 aromatic rings. The molecule has 0 aliphatic heterocycles. The lowest BCUT2D eigenvalue weighted by Gasteiger charge is -2.15. The number of rotatable bonds is 9. The third-order valence-corrected chi connectivity index (χ3v) is 6.19. The van der Waals surface area contributed by atoms with Gasteiger partial charge >= 0.3 is 0 Å². The average molecular weight is 574 g/mol. The van der Waals surface area contributed by atoms with Crippen molar-refractivity contribution >= 4 is 56.8 Å². The van der Waals surface area contributed by atoms with Crippen LogP contribution in [0.15, 0.2) is 64.6 Å². The average Bonchev–Trinajstić information content (AvgIpc) is 2.83. The molecule has 1 amide bonds. The number of amides is 1. The molecule has 0 unspecified atom stereocenters. The number of carbonyl (C=O) groups excluding carboxylic acids is 1. The lowest BCUT2D eigenvalue weighted by Crippen LogP contribution is -2.13. The molecular formula is C27H23BrCl2N2O3. The lowest BCUT2D eigenvalue weighted by atomic mass is 10.1. The van der Waals surface area contributed by atoms with Gasteiger partial charge in [-0.1, -0.05) is 48.3 Å². The SMILES string of the molecule is CCOc1cc(/C=C(/C#N)C(=O)Nc2ccc(CC)cc2)cc(Br)c1OCc1ccc(Cl)cc1Cl. The Morgan fingerprint density at radius 1 is 1.09 bits per heavy atom. The van der Waals surface area contributed by atoms with Crippen LogP contribution in [0, 0.1) is 11.3 Å². The van der Waals surface area contributed by atoms with Crippen LogP contribution in [0.25, 0.3) is 6.08 Å². The van der Waals surface area contributed by atoms with Gasteiger partial charge < -0.3 is 14.8 Å². The monoisotopic (exact) mass is 572 g/mol. The van der Waals surface area contributed by atoms with Gasteiger partial charge in [0, 0.05) is 21.3 Å². The lowest BCUT2D eigenvalue weighted by molar-refractivity contribution is -0.112. The summed E-state index contributed by atoms with van der Waals surface area (Å²) in [5, 5.41) is 13.4. The van der Waals surface area contributed by atoms with E-state index in [2.05, 4.69) is 28.2 Å². The molecule has 0 spiro atoms. The second kappa shape index (κ2) is 12.6. The first-order valence-electron chi connectivity index (χ1n) is 10.9. The van der Waals surface area contributed by atoms with E-state index in [9.17, 15) is 10.1 Å². The molecule has 3 aromatic carbocycles. The number of carbonyl (C=O) groups is 1. The van der Waals surface area contributed by atoms with Gasteiger partial charge in [0.25, 0.3) is 5.91 Å². The van der Waals surface area contributed by atoms with Gasteiger partial charge in [0.05, 0.1) is 11.1 Å². The number of anilines is 1. The quantitative estimate of drug-likeness (QED) is 0.209. The molecule has 8 heteroatoms. The van der Waals surface area contributed by atoms with Crippen molar-refractivity contribution in [1.29, 1.82) is 5.26 Å². The Bertz CT molecular complexity index is 1280. The fraction of sp³-hybridized carbons (Fsp3) is 0.185. The number of benzene rings is 3. The summed E-state index contributed by atoms with van der Waals surface area (Å²) in [6.07, 6.45) is 2.41. The zero-order valence-corrected chi connectivity index (χ0v) is 22.3. The van der Waals surface area contributed by atoms with Crippen LogP contribution in [0.5, 0.6) is 11.5 Å². The maximum Gasteiger partial charge on any atom is 0.266 e. The number of nitrogens with zero attached hydrogens (tertiary/aromatic N) is 1. The van der Waals surface area contributed by atoms with Crippen molar-refractivity contribution in [3.05, 3.63) is 91.4 Å². The van der Waals surface area contributed by atoms with Crippen LogP contribution < -0.4 is 14.8 Å². The van der Waals surface area contributed by atoms with Gasteiger partial charge in [0.15, 0.2) is 11.5 Å². The molecule has 5 nitrogen and oxygen atoms in total. The predicted molar refractivity (Wildman–Crippen MR) is 144 cm³/mol. The molecule has 3 rings (SSSR count). The van der Waals surface area contributed by atoms with E-state index in [-0.39, 0.29) is 12.2 Å². The Hall–Kier alpha value is -2.98. The van der Waals surface area contributed by atoms with Gasteiger partial charge in [-0.3, -0.25) is 4.79 Å². The van der Waals surface area contributed by atoms with Gasteiger partial charge in [-0.15, -0.1) is 0 Å². The first kappa shape index (κ1) is 26.6. The summed E-state index contributed by atoms with van der Waals surface area (Å²) in [6, 6.07) is 18.1. The number of ether oxygens (including phenoxy) is 2. The number of halogens is 3. The third-order valence-electron chi connectivity index (χ3n) is 5.01. The molecule has 0 saturated carbocycles. The van der Waals surface area contributed by atoms with Crippen LogP contribution in [0.3, 0.4) is 0 Å². The Morgan fingerprint density at radius 2 is 1.83 bits per heavy atom. The van der Waals surface area contributed by atoms with Crippen molar-refractivity contribution in [3.63, 3.8) is 0 Å². The van der Waals surface area contributed by atoms with E-state index in [4.69, 9.17) is 32.7 Å². The minimum atomic E-state index is -0.497. The number of aryl methyl sites for hydroxylation is 1. The minimum Gasteiger partial charge on any atom is -0.490 e. The summed E-state index contributed by atoms with van der Waals surface area (Å²) < 4.78 is 12.4. The summed E-state index contributed by atoms with van der Waals surface area (Å²) in [5.74, 6) is 0.448. The number of nitriles is 1. The molecule has 180 valence electrons. The molecule has 0 aliphatic rings. The van der Waals surface area contributed by atoms with E-state index < -0.39 is 5.91 Å². The summed E-state index contributed by atoms with van der Waals surface area (Å²) in [5.41, 5.74) is 3.11. The standard InChI is InChI=1S/C27H23BrCl2N2O3/c1-3-17-5-9-22(10-6-17)32-27(33)20(15-31)11-18-12-23(28)26(25(13-18)34-4-2)35-16-19-7-8-21(29)14-24(19)30/h5-14H,3-4,16H2,1-2H3,(H,32,33)/b20-11-. The van der Waals surface area contributed by atoms with Crippen molar-refractivity contribution in [2.75, 3.05) is 11.9 Å². The second-order valence-electron chi connectivity index (χ2n) is 7.46. The Labute approximate surface area is 223 Å². The maximum atomic E-state index is 12.7. The Morgan fingerprint density at radius 3 is 2.46 bits per heavy atom.